The molecule has 0 aromatic rings. The second-order valence-corrected chi connectivity index (χ2v) is 7.17. The van der Waals surface area contributed by atoms with E-state index in [1.165, 1.54) is 71.1 Å². The van der Waals surface area contributed by atoms with E-state index in [4.69, 9.17) is 0 Å². The third-order valence-electron chi connectivity index (χ3n) is 5.87. The van der Waals surface area contributed by atoms with Gasteiger partial charge in [0.05, 0.1) is 0 Å². The van der Waals surface area contributed by atoms with Gasteiger partial charge in [0.15, 0.2) is 0 Å². The molecule has 2 atom stereocenters. The van der Waals surface area contributed by atoms with Gasteiger partial charge in [0.2, 0.25) is 0 Å². The fourth-order valence-electron chi connectivity index (χ4n) is 4.79. The van der Waals surface area contributed by atoms with Crippen molar-refractivity contribution in [1.29, 1.82) is 0 Å². The summed E-state index contributed by atoms with van der Waals surface area (Å²) in [7, 11) is 0. The molecule has 2 unspecified atom stereocenters. The van der Waals surface area contributed by atoms with Crippen LogP contribution in [0.3, 0.4) is 0 Å². The van der Waals surface area contributed by atoms with E-state index in [1.54, 1.807) is 0 Å². The number of likely N-dealkylation sites (tertiary alicyclic amines) is 1. The van der Waals surface area contributed by atoms with Gasteiger partial charge in [0.25, 0.3) is 0 Å². The lowest BCUT2D eigenvalue weighted by molar-refractivity contribution is 0.0529. The van der Waals surface area contributed by atoms with Crippen molar-refractivity contribution in [3.63, 3.8) is 0 Å². The quantitative estimate of drug-likeness (QED) is 0.834. The molecule has 3 fully saturated rings. The number of fused-ring (bicyclic) bond motifs is 2. The van der Waals surface area contributed by atoms with E-state index in [0.717, 1.165) is 24.2 Å². The van der Waals surface area contributed by atoms with Crippen molar-refractivity contribution < 1.29 is 0 Å². The summed E-state index contributed by atoms with van der Waals surface area (Å²) in [6, 6.07) is 3.38. The minimum Gasteiger partial charge on any atom is -0.311 e. The Morgan fingerprint density at radius 3 is 2.15 bits per heavy atom. The van der Waals surface area contributed by atoms with Crippen LogP contribution in [0.2, 0.25) is 0 Å². The smallest absolute Gasteiger partial charge is 0.0128 e. The highest BCUT2D eigenvalue weighted by atomic mass is 15.2. The van der Waals surface area contributed by atoms with Crippen molar-refractivity contribution in [2.75, 3.05) is 26.2 Å². The van der Waals surface area contributed by atoms with Crippen LogP contribution in [0.5, 0.6) is 0 Å². The van der Waals surface area contributed by atoms with Crippen LogP contribution in [0.25, 0.3) is 0 Å². The van der Waals surface area contributed by atoms with Gasteiger partial charge < -0.3 is 10.2 Å². The highest BCUT2D eigenvalue weighted by molar-refractivity contribution is 4.97. The summed E-state index contributed by atoms with van der Waals surface area (Å²) in [5.41, 5.74) is 0. The summed E-state index contributed by atoms with van der Waals surface area (Å²) < 4.78 is 0. The number of rotatable bonds is 5. The lowest BCUT2D eigenvalue weighted by atomic mass is 9.93. The van der Waals surface area contributed by atoms with Crippen molar-refractivity contribution in [3.05, 3.63) is 0 Å². The number of hydrogen-bond donors (Lipinski definition) is 1. The van der Waals surface area contributed by atoms with Crippen molar-refractivity contribution in [2.45, 2.75) is 83.0 Å². The Bertz CT molecular complexity index is 287. The molecule has 116 valence electrons. The average molecular weight is 279 g/mol. The second kappa shape index (κ2) is 6.76. The standard InChI is InChI=1S/C17H33N3/c1-3-9-20(16-7-10-19(4-2)11-8-16)17-12-14-5-6-15(13-17)18-14/h14-18H,3-13H2,1-2H3. The molecule has 0 radical (unpaired) electrons. The van der Waals surface area contributed by atoms with Gasteiger partial charge in [-0.2, -0.15) is 0 Å². The molecule has 1 N–H and O–H groups in total. The molecule has 0 aromatic carbocycles. The summed E-state index contributed by atoms with van der Waals surface area (Å²) in [5, 5.41) is 3.80. The van der Waals surface area contributed by atoms with Gasteiger partial charge >= 0.3 is 0 Å². The van der Waals surface area contributed by atoms with Crippen LogP contribution in [0.1, 0.15) is 58.8 Å². The molecule has 0 amide bonds. The molecule has 3 rings (SSSR count). The SMILES string of the molecule is CCCN(C1CCN(CC)CC1)C1CC2CCC(C1)N2. The van der Waals surface area contributed by atoms with Gasteiger partial charge in [0, 0.05) is 24.2 Å². The normalized spacial score (nSPS) is 35.9. The average Bonchev–Trinajstić information content (AvgIpc) is 2.83. The fraction of sp³-hybridized carbons (Fsp3) is 1.00. The predicted molar refractivity (Wildman–Crippen MR) is 85.1 cm³/mol. The lowest BCUT2D eigenvalue weighted by Gasteiger charge is -2.45. The van der Waals surface area contributed by atoms with Crippen LogP contribution in [-0.2, 0) is 0 Å². The monoisotopic (exact) mass is 279 g/mol. The Kier molecular flexibility index (Phi) is 5.00. The molecule has 3 heterocycles. The van der Waals surface area contributed by atoms with Crippen LogP contribution in [0.4, 0.5) is 0 Å². The van der Waals surface area contributed by atoms with E-state index in [0.29, 0.717) is 0 Å². The summed E-state index contributed by atoms with van der Waals surface area (Å²) in [6.45, 7) is 9.84. The largest absolute Gasteiger partial charge is 0.311 e. The maximum Gasteiger partial charge on any atom is 0.0128 e. The summed E-state index contributed by atoms with van der Waals surface area (Å²) in [5.74, 6) is 0. The van der Waals surface area contributed by atoms with Crippen LogP contribution in [0, 0.1) is 0 Å². The van der Waals surface area contributed by atoms with E-state index in [-0.39, 0.29) is 0 Å². The number of piperidine rings is 2. The molecule has 3 saturated heterocycles. The van der Waals surface area contributed by atoms with Gasteiger partial charge in [-0.15, -0.1) is 0 Å². The molecule has 3 nitrogen and oxygen atoms in total. The minimum atomic E-state index is 0.828. The van der Waals surface area contributed by atoms with E-state index in [2.05, 4.69) is 29.0 Å². The first-order valence-corrected chi connectivity index (χ1v) is 9.04. The van der Waals surface area contributed by atoms with Crippen LogP contribution in [-0.4, -0.2) is 60.1 Å². The number of nitrogens with zero attached hydrogens (tertiary/aromatic N) is 2. The maximum absolute atomic E-state index is 3.80. The van der Waals surface area contributed by atoms with E-state index < -0.39 is 0 Å². The maximum atomic E-state index is 3.80. The third kappa shape index (κ3) is 3.20. The van der Waals surface area contributed by atoms with Crippen LogP contribution in [0.15, 0.2) is 0 Å². The van der Waals surface area contributed by atoms with Crippen molar-refractivity contribution in [3.8, 4) is 0 Å². The van der Waals surface area contributed by atoms with E-state index >= 15 is 0 Å². The second-order valence-electron chi connectivity index (χ2n) is 7.17. The first-order valence-electron chi connectivity index (χ1n) is 9.04. The third-order valence-corrected chi connectivity index (χ3v) is 5.87. The highest BCUT2D eigenvalue weighted by Crippen LogP contribution is 2.32. The molecular weight excluding hydrogens is 246 g/mol. The number of hydrogen-bond acceptors (Lipinski definition) is 3. The highest BCUT2D eigenvalue weighted by Gasteiger charge is 2.38. The Morgan fingerprint density at radius 1 is 0.950 bits per heavy atom. The van der Waals surface area contributed by atoms with Gasteiger partial charge in [-0.05, 0) is 71.1 Å². The van der Waals surface area contributed by atoms with Crippen molar-refractivity contribution in [1.82, 2.24) is 15.1 Å². The van der Waals surface area contributed by atoms with Crippen LogP contribution < -0.4 is 5.32 Å². The van der Waals surface area contributed by atoms with E-state index in [1.807, 2.05) is 0 Å². The van der Waals surface area contributed by atoms with Gasteiger partial charge in [0.1, 0.15) is 0 Å². The zero-order chi connectivity index (χ0) is 13.9. The fourth-order valence-corrected chi connectivity index (χ4v) is 4.79. The Labute approximate surface area is 125 Å². The molecule has 3 aliphatic rings. The first kappa shape index (κ1) is 14.8. The lowest BCUT2D eigenvalue weighted by Crippen LogP contribution is -2.54. The Morgan fingerprint density at radius 2 is 1.60 bits per heavy atom. The Hall–Kier alpha value is -0.120. The molecule has 3 heteroatoms. The van der Waals surface area contributed by atoms with Crippen molar-refractivity contribution in [2.24, 2.45) is 0 Å². The van der Waals surface area contributed by atoms with Gasteiger partial charge in [-0.3, -0.25) is 4.90 Å². The molecule has 3 aliphatic heterocycles. The summed E-state index contributed by atoms with van der Waals surface area (Å²) >= 11 is 0. The minimum absolute atomic E-state index is 0.828. The topological polar surface area (TPSA) is 18.5 Å². The van der Waals surface area contributed by atoms with E-state index in [9.17, 15) is 0 Å². The number of nitrogens with one attached hydrogen (secondary N) is 1. The molecular formula is C17H33N3. The molecule has 0 aromatic heterocycles. The summed E-state index contributed by atoms with van der Waals surface area (Å²) in [6.07, 6.45) is 9.77. The Balaban J connectivity index is 1.60. The van der Waals surface area contributed by atoms with Crippen molar-refractivity contribution >= 4 is 0 Å². The van der Waals surface area contributed by atoms with Gasteiger partial charge in [-0.1, -0.05) is 13.8 Å². The predicted octanol–water partition coefficient (Wildman–Crippen LogP) is 2.47. The molecule has 2 bridgehead atoms. The first-order chi connectivity index (χ1) is 9.80. The zero-order valence-electron chi connectivity index (χ0n) is 13.5. The molecule has 20 heavy (non-hydrogen) atoms. The molecule has 0 spiro atoms. The molecule has 0 saturated carbocycles. The zero-order valence-corrected chi connectivity index (χ0v) is 13.5. The van der Waals surface area contributed by atoms with Gasteiger partial charge in [-0.25, -0.2) is 0 Å². The molecule has 0 aliphatic carbocycles. The summed E-state index contributed by atoms with van der Waals surface area (Å²) in [4.78, 5) is 5.53. The van der Waals surface area contributed by atoms with Crippen LogP contribution >= 0.6 is 0 Å².